The molecule has 1 unspecified atom stereocenters. The molecule has 7 rings (SSSR count). The van der Waals surface area contributed by atoms with E-state index in [1.165, 1.54) is 16.8 Å². The molecule has 9 atom stereocenters. The van der Waals surface area contributed by atoms with Crippen molar-refractivity contribution in [3.63, 3.8) is 0 Å². The fourth-order valence-electron chi connectivity index (χ4n) is 8.11. The number of aromatic amines is 1. The zero-order chi connectivity index (χ0) is 48.9. The molecule has 69 heavy (non-hydrogen) atoms. The average molecular weight is 949 g/mol. The Labute approximate surface area is 398 Å². The molecule has 2 aliphatic rings. The highest BCUT2D eigenvalue weighted by Gasteiger charge is 2.53. The van der Waals surface area contributed by atoms with Gasteiger partial charge in [0.25, 0.3) is 5.56 Å². The smallest absolute Gasteiger partial charge is 0.338 e. The summed E-state index contributed by atoms with van der Waals surface area (Å²) >= 11 is 0. The molecule has 0 amide bonds. The Morgan fingerprint density at radius 1 is 0.536 bits per heavy atom. The number of H-pyrrole nitrogens is 1. The molecule has 0 radical (unpaired) electrons. The third-order valence-electron chi connectivity index (χ3n) is 11.2. The number of aromatic nitrogens is 2. The van der Waals surface area contributed by atoms with Gasteiger partial charge in [-0.3, -0.25) is 14.3 Å². The summed E-state index contributed by atoms with van der Waals surface area (Å²) in [6.45, 7) is 7.06. The molecule has 0 bridgehead atoms. The summed E-state index contributed by atoms with van der Waals surface area (Å²) in [5.41, 5.74) is -0.440. The highest BCUT2D eigenvalue weighted by atomic mass is 16.7. The summed E-state index contributed by atoms with van der Waals surface area (Å²) in [4.78, 5) is 82.4. The molecule has 17 heteroatoms. The molecule has 1 N–H and O–H groups in total. The second-order valence-electron chi connectivity index (χ2n) is 17.0. The second-order valence-corrected chi connectivity index (χ2v) is 17.0. The molecule has 5 aromatic rings. The lowest BCUT2D eigenvalue weighted by atomic mass is 9.91. The van der Waals surface area contributed by atoms with Crippen LogP contribution in [-0.4, -0.2) is 114 Å². The maximum Gasteiger partial charge on any atom is 0.338 e. The van der Waals surface area contributed by atoms with Crippen molar-refractivity contribution >= 4 is 23.9 Å². The number of hydrogen-bond acceptors (Lipinski definition) is 15. The first-order chi connectivity index (χ1) is 33.4. The Morgan fingerprint density at radius 3 is 1.48 bits per heavy atom. The van der Waals surface area contributed by atoms with Gasteiger partial charge in [-0.15, -0.1) is 0 Å². The molecule has 2 saturated heterocycles. The summed E-state index contributed by atoms with van der Waals surface area (Å²) in [5, 5.41) is 0. The van der Waals surface area contributed by atoms with E-state index >= 15 is 0 Å². The van der Waals surface area contributed by atoms with E-state index in [4.69, 9.17) is 42.6 Å². The normalized spacial score (nSPS) is 23.3. The third-order valence-corrected chi connectivity index (χ3v) is 11.2. The second kappa shape index (κ2) is 24.0. The lowest BCUT2D eigenvalue weighted by Crippen LogP contribution is -2.62. The number of esters is 4. The van der Waals surface area contributed by atoms with Gasteiger partial charge in [0.2, 0.25) is 0 Å². The van der Waals surface area contributed by atoms with E-state index in [1.54, 1.807) is 121 Å². The van der Waals surface area contributed by atoms with Crippen LogP contribution in [0.1, 0.15) is 88.2 Å². The van der Waals surface area contributed by atoms with Gasteiger partial charge in [-0.1, -0.05) is 72.8 Å². The first kappa shape index (κ1) is 50.1. The fraction of sp³-hybridized carbons (Fsp3) is 0.385. The van der Waals surface area contributed by atoms with Gasteiger partial charge in [0.05, 0.1) is 47.2 Å². The minimum absolute atomic E-state index is 0.00518. The molecule has 0 aliphatic carbocycles. The van der Waals surface area contributed by atoms with Crippen molar-refractivity contribution in [1.29, 1.82) is 0 Å². The Hall–Kier alpha value is -6.76. The van der Waals surface area contributed by atoms with Crippen LogP contribution in [0.4, 0.5) is 0 Å². The molecule has 1 aromatic heterocycles. The highest BCUT2D eigenvalue weighted by molar-refractivity contribution is 5.91. The van der Waals surface area contributed by atoms with Gasteiger partial charge in [-0.25, -0.2) is 24.0 Å². The largest absolute Gasteiger partial charge is 0.459 e. The van der Waals surface area contributed by atoms with Crippen LogP contribution in [0, 0.1) is 0 Å². The minimum atomic E-state index is -1.50. The van der Waals surface area contributed by atoms with Crippen molar-refractivity contribution in [2.24, 2.45) is 0 Å². The Morgan fingerprint density at radius 2 is 0.986 bits per heavy atom. The number of carbonyl (C=O) groups excluding carboxylic acids is 4. The summed E-state index contributed by atoms with van der Waals surface area (Å²) in [7, 11) is 0. The lowest BCUT2D eigenvalue weighted by molar-refractivity contribution is -0.230. The molecule has 17 nitrogen and oxygen atoms in total. The fourth-order valence-corrected chi connectivity index (χ4v) is 8.11. The van der Waals surface area contributed by atoms with Crippen molar-refractivity contribution in [3.8, 4) is 0 Å². The van der Waals surface area contributed by atoms with Crippen LogP contribution in [-0.2, 0) is 42.6 Å². The van der Waals surface area contributed by atoms with Crippen LogP contribution in [0.25, 0.3) is 0 Å². The molecule has 3 heterocycles. The molecule has 2 fully saturated rings. The molecule has 0 spiro atoms. The monoisotopic (exact) mass is 948 g/mol. The van der Waals surface area contributed by atoms with Crippen LogP contribution < -0.4 is 11.2 Å². The molecule has 2 aliphatic heterocycles. The van der Waals surface area contributed by atoms with E-state index in [-0.39, 0.29) is 60.5 Å². The number of benzene rings is 4. The van der Waals surface area contributed by atoms with E-state index in [1.807, 2.05) is 27.7 Å². The number of carbonyl (C=O) groups is 4. The molecule has 0 saturated carbocycles. The van der Waals surface area contributed by atoms with Gasteiger partial charge in [0.15, 0.2) is 24.5 Å². The SMILES string of the molecule is CC(C)O[C@@H]1[C@H](OC(C)C)[C@@H](COCCCC2O[C@H](COC(=O)c3ccccc3)[C@@H](OC(=O)c3ccccc3)[C@H](OC(=O)c3ccccc3)[C@H]2OC(=O)c2ccccc2)O[C@H]1n1ccc(=O)[nH]c1=O. The zero-order valence-corrected chi connectivity index (χ0v) is 38.7. The first-order valence-electron chi connectivity index (χ1n) is 22.9. The molecule has 4 aromatic carbocycles. The Bertz CT molecular complexity index is 2570. The molecular weight excluding hydrogens is 893 g/mol. The molecule has 364 valence electrons. The third kappa shape index (κ3) is 13.3. The Kier molecular flexibility index (Phi) is 17.4. The van der Waals surface area contributed by atoms with Crippen molar-refractivity contribution in [1.82, 2.24) is 9.55 Å². The zero-order valence-electron chi connectivity index (χ0n) is 38.7. The number of rotatable bonds is 20. The first-order valence-corrected chi connectivity index (χ1v) is 22.9. The summed E-state index contributed by atoms with van der Waals surface area (Å²) < 4.78 is 57.5. The molecular formula is C52H56N2O15. The van der Waals surface area contributed by atoms with Gasteiger partial charge in [-0.05, 0) is 89.1 Å². The highest BCUT2D eigenvalue weighted by Crippen LogP contribution is 2.36. The minimum Gasteiger partial charge on any atom is -0.459 e. The van der Waals surface area contributed by atoms with Crippen molar-refractivity contribution in [2.45, 2.75) is 108 Å². The predicted octanol–water partition coefficient (Wildman–Crippen LogP) is 6.12. The topological polar surface area (TPSA) is 206 Å². The van der Waals surface area contributed by atoms with Crippen LogP contribution >= 0.6 is 0 Å². The van der Waals surface area contributed by atoms with Crippen molar-refractivity contribution < 1.29 is 61.8 Å². The van der Waals surface area contributed by atoms with Crippen molar-refractivity contribution in [2.75, 3.05) is 19.8 Å². The van der Waals surface area contributed by atoms with Crippen LogP contribution in [0.2, 0.25) is 0 Å². The van der Waals surface area contributed by atoms with Gasteiger partial charge >= 0.3 is 29.6 Å². The standard InChI is InChI=1S/C52H56N2O15/c1-32(2)63-44-39(66-47(46(44)64-33(3)4)54-28-27-41(55)53-52(54)60)30-61-29-17-26-38-42(67-49(57)35-20-11-6-12-21-35)45(69-51(59)37-24-15-8-16-25-37)43(68-50(58)36-22-13-7-14-23-36)40(65-38)31-62-48(56)34-18-9-5-10-19-34/h5-16,18-25,27-28,32-33,38-40,42-47H,17,26,29-31H2,1-4H3,(H,53,55,60)/t38?,39-,40-,42+,43-,44-,45-,46-,47-/m1/s1. The number of ether oxygens (including phenoxy) is 9. The van der Waals surface area contributed by atoms with E-state index in [9.17, 15) is 28.8 Å². The lowest BCUT2D eigenvalue weighted by Gasteiger charge is -2.45. The summed E-state index contributed by atoms with van der Waals surface area (Å²) in [5.74, 6) is -3.05. The Balaban J connectivity index is 1.17. The van der Waals surface area contributed by atoms with Crippen LogP contribution in [0.3, 0.4) is 0 Å². The number of nitrogens with zero attached hydrogens (tertiary/aromatic N) is 1. The maximum atomic E-state index is 14.0. The average Bonchev–Trinajstić information content (AvgIpc) is 3.67. The number of hydrogen-bond donors (Lipinski definition) is 1. The summed E-state index contributed by atoms with van der Waals surface area (Å²) in [6, 6.07) is 34.0. The van der Waals surface area contributed by atoms with E-state index in [2.05, 4.69) is 4.98 Å². The predicted molar refractivity (Wildman–Crippen MR) is 248 cm³/mol. The van der Waals surface area contributed by atoms with Gasteiger partial charge in [0.1, 0.15) is 31.0 Å². The summed E-state index contributed by atoms with van der Waals surface area (Å²) in [6.07, 6.45) is -8.58. The van der Waals surface area contributed by atoms with Gasteiger partial charge < -0.3 is 42.6 Å². The van der Waals surface area contributed by atoms with E-state index < -0.39 is 96.8 Å². The van der Waals surface area contributed by atoms with E-state index in [0.717, 1.165) is 0 Å². The quantitative estimate of drug-likeness (QED) is 0.0530. The van der Waals surface area contributed by atoms with Crippen LogP contribution in [0.15, 0.2) is 143 Å². The van der Waals surface area contributed by atoms with E-state index in [0.29, 0.717) is 0 Å². The van der Waals surface area contributed by atoms with Crippen molar-refractivity contribution in [3.05, 3.63) is 177 Å². The van der Waals surface area contributed by atoms with Crippen LogP contribution in [0.5, 0.6) is 0 Å². The number of nitrogens with one attached hydrogen (secondary N) is 1. The van der Waals surface area contributed by atoms with Gasteiger partial charge in [-0.2, -0.15) is 0 Å². The van der Waals surface area contributed by atoms with Gasteiger partial charge in [0, 0.05) is 18.9 Å². The maximum absolute atomic E-state index is 14.0.